The van der Waals surface area contributed by atoms with Gasteiger partial charge in [0.2, 0.25) is 5.91 Å². The summed E-state index contributed by atoms with van der Waals surface area (Å²) in [5.74, 6) is -0.502. The van der Waals surface area contributed by atoms with Crippen LogP contribution >= 0.6 is 11.3 Å². The van der Waals surface area contributed by atoms with Crippen LogP contribution in [0.5, 0.6) is 0 Å². The number of rotatable bonds is 3. The van der Waals surface area contributed by atoms with Gasteiger partial charge in [0.25, 0.3) is 0 Å². The Balaban J connectivity index is 1.83. The number of benzene rings is 1. The van der Waals surface area contributed by atoms with Crippen LogP contribution in [0.3, 0.4) is 0 Å². The third-order valence-corrected chi connectivity index (χ3v) is 5.50. The van der Waals surface area contributed by atoms with E-state index in [0.717, 1.165) is 18.4 Å². The third-order valence-electron chi connectivity index (χ3n) is 4.51. The quantitative estimate of drug-likeness (QED) is 0.891. The number of hydrogen-bond donors (Lipinski definition) is 2. The van der Waals surface area contributed by atoms with Crippen LogP contribution in [-0.4, -0.2) is 23.4 Å². The lowest BCUT2D eigenvalue weighted by atomic mass is 9.98. The van der Waals surface area contributed by atoms with E-state index in [2.05, 4.69) is 23.7 Å². The third kappa shape index (κ3) is 3.01. The average Bonchev–Trinajstić information content (AvgIpc) is 3.04. The number of amides is 3. The highest BCUT2D eigenvalue weighted by atomic mass is 32.1. The number of nitrogens with one attached hydrogen (secondary N) is 1. The van der Waals surface area contributed by atoms with Gasteiger partial charge in [0, 0.05) is 22.7 Å². The molecular weight excluding hydrogens is 322 g/mol. The fourth-order valence-corrected chi connectivity index (χ4v) is 4.10. The number of primary amides is 1. The van der Waals surface area contributed by atoms with Crippen LogP contribution < -0.4 is 11.1 Å². The van der Waals surface area contributed by atoms with Crippen molar-refractivity contribution in [3.8, 4) is 0 Å². The second-order valence-corrected chi connectivity index (χ2v) is 6.99. The molecule has 24 heavy (non-hydrogen) atoms. The van der Waals surface area contributed by atoms with E-state index in [0.29, 0.717) is 17.8 Å². The van der Waals surface area contributed by atoms with E-state index >= 15 is 0 Å². The Labute approximate surface area is 145 Å². The van der Waals surface area contributed by atoms with E-state index in [9.17, 15) is 9.59 Å². The first kappa shape index (κ1) is 16.5. The molecule has 5 nitrogen and oxygen atoms in total. The number of carbonyl (C=O) groups excluding carboxylic acids is 2. The Morgan fingerprint density at radius 2 is 2.17 bits per heavy atom. The summed E-state index contributed by atoms with van der Waals surface area (Å²) in [7, 11) is 0. The smallest absolute Gasteiger partial charge is 0.322 e. The molecule has 1 aliphatic rings. The van der Waals surface area contributed by atoms with Gasteiger partial charge >= 0.3 is 6.03 Å². The average molecular weight is 343 g/mol. The molecule has 0 radical (unpaired) electrons. The molecule has 2 heterocycles. The van der Waals surface area contributed by atoms with Crippen molar-refractivity contribution in [3.63, 3.8) is 0 Å². The van der Waals surface area contributed by atoms with Gasteiger partial charge in [-0.2, -0.15) is 0 Å². The van der Waals surface area contributed by atoms with Crippen LogP contribution in [0.4, 0.5) is 10.5 Å². The number of fused-ring (bicyclic) bond motifs is 1. The lowest BCUT2D eigenvalue weighted by Crippen LogP contribution is -2.42. The maximum Gasteiger partial charge on any atom is 0.322 e. The molecule has 0 saturated heterocycles. The molecule has 3 N–H and O–H groups in total. The van der Waals surface area contributed by atoms with Crippen molar-refractivity contribution in [2.24, 2.45) is 5.73 Å². The molecule has 3 amide bonds. The molecule has 0 aliphatic carbocycles. The molecule has 1 unspecified atom stereocenters. The molecule has 1 aromatic heterocycles. The van der Waals surface area contributed by atoms with Crippen molar-refractivity contribution in [2.45, 2.75) is 32.7 Å². The van der Waals surface area contributed by atoms with Crippen molar-refractivity contribution in [1.29, 1.82) is 0 Å². The molecule has 1 atom stereocenters. The van der Waals surface area contributed by atoms with Gasteiger partial charge < -0.3 is 16.0 Å². The summed E-state index contributed by atoms with van der Waals surface area (Å²) in [5, 5.41) is 5.04. The van der Waals surface area contributed by atoms with Gasteiger partial charge in [0.15, 0.2) is 0 Å². The van der Waals surface area contributed by atoms with Crippen molar-refractivity contribution in [3.05, 3.63) is 51.2 Å². The summed E-state index contributed by atoms with van der Waals surface area (Å²) in [6.07, 6.45) is 1.76. The molecular formula is C18H21N3O2S. The number of thiophene rings is 1. The Morgan fingerprint density at radius 3 is 2.88 bits per heavy atom. The van der Waals surface area contributed by atoms with Gasteiger partial charge in [-0.1, -0.05) is 13.0 Å². The Hall–Kier alpha value is -2.34. The van der Waals surface area contributed by atoms with Crippen molar-refractivity contribution >= 4 is 29.0 Å². The van der Waals surface area contributed by atoms with Crippen LogP contribution in [-0.2, 0) is 6.42 Å². The normalized spacial score (nSPS) is 16.6. The number of aryl methyl sites for hydroxylation is 1. The number of hydrogen-bond acceptors (Lipinski definition) is 3. The molecule has 0 bridgehead atoms. The number of anilines is 1. The topological polar surface area (TPSA) is 75.4 Å². The van der Waals surface area contributed by atoms with Crippen molar-refractivity contribution in [1.82, 2.24) is 4.90 Å². The zero-order chi connectivity index (χ0) is 17.3. The van der Waals surface area contributed by atoms with Crippen molar-refractivity contribution in [2.75, 3.05) is 11.9 Å². The summed E-state index contributed by atoms with van der Waals surface area (Å²) < 4.78 is 0. The lowest BCUT2D eigenvalue weighted by Gasteiger charge is -2.35. The Bertz CT molecular complexity index is 784. The van der Waals surface area contributed by atoms with Crippen LogP contribution in [0.2, 0.25) is 0 Å². The minimum atomic E-state index is -0.502. The van der Waals surface area contributed by atoms with Gasteiger partial charge in [0.05, 0.1) is 6.04 Å². The fourth-order valence-electron chi connectivity index (χ4n) is 3.18. The highest BCUT2D eigenvalue weighted by molar-refractivity contribution is 7.10. The molecule has 6 heteroatoms. The van der Waals surface area contributed by atoms with Gasteiger partial charge in [-0.05, 0) is 54.5 Å². The minimum Gasteiger partial charge on any atom is -0.366 e. The summed E-state index contributed by atoms with van der Waals surface area (Å²) in [4.78, 5) is 27.4. The van der Waals surface area contributed by atoms with E-state index in [1.807, 2.05) is 11.8 Å². The molecule has 1 aromatic carbocycles. The van der Waals surface area contributed by atoms with Gasteiger partial charge in [-0.15, -0.1) is 11.3 Å². The van der Waals surface area contributed by atoms with E-state index < -0.39 is 5.91 Å². The van der Waals surface area contributed by atoms with Crippen LogP contribution in [0.1, 0.15) is 45.7 Å². The van der Waals surface area contributed by atoms with Crippen LogP contribution in [0, 0.1) is 6.92 Å². The maximum absolute atomic E-state index is 12.8. The van der Waals surface area contributed by atoms with Gasteiger partial charge in [-0.3, -0.25) is 4.79 Å². The molecule has 0 spiro atoms. The second-order valence-electron chi connectivity index (χ2n) is 5.99. The summed E-state index contributed by atoms with van der Waals surface area (Å²) in [6, 6.07) is 7.17. The van der Waals surface area contributed by atoms with Crippen LogP contribution in [0.15, 0.2) is 29.6 Å². The minimum absolute atomic E-state index is 0.0969. The number of nitrogens with two attached hydrogens (primary N) is 1. The summed E-state index contributed by atoms with van der Waals surface area (Å²) in [5.41, 5.74) is 8.50. The first-order chi connectivity index (χ1) is 11.5. The van der Waals surface area contributed by atoms with E-state index in [-0.39, 0.29) is 12.1 Å². The lowest BCUT2D eigenvalue weighted by molar-refractivity contribution is 0.1000. The predicted molar refractivity (Wildman–Crippen MR) is 96.5 cm³/mol. The Morgan fingerprint density at radius 1 is 1.38 bits per heavy atom. The number of urea groups is 1. The predicted octanol–water partition coefficient (Wildman–Crippen LogP) is 3.70. The molecule has 0 fully saturated rings. The molecule has 2 aromatic rings. The molecule has 126 valence electrons. The number of carbonyl (C=O) groups is 2. The molecule has 0 saturated carbocycles. The monoisotopic (exact) mass is 343 g/mol. The van der Waals surface area contributed by atoms with Crippen LogP contribution in [0.25, 0.3) is 0 Å². The highest BCUT2D eigenvalue weighted by Crippen LogP contribution is 2.35. The van der Waals surface area contributed by atoms with Gasteiger partial charge in [-0.25, -0.2) is 4.79 Å². The fraction of sp³-hybridized carbons (Fsp3) is 0.333. The zero-order valence-electron chi connectivity index (χ0n) is 13.8. The number of nitrogens with zero attached hydrogens (tertiary/aromatic N) is 1. The van der Waals surface area contributed by atoms with Crippen molar-refractivity contribution < 1.29 is 9.59 Å². The first-order valence-corrected chi connectivity index (χ1v) is 8.93. The highest BCUT2D eigenvalue weighted by Gasteiger charge is 2.30. The summed E-state index contributed by atoms with van der Waals surface area (Å²) >= 11 is 1.76. The SMILES string of the molecule is CCC1c2ccsc2CCN1C(=O)Nc1cc(C(N)=O)ccc1C. The second kappa shape index (κ2) is 6.65. The zero-order valence-corrected chi connectivity index (χ0v) is 14.7. The van der Waals surface area contributed by atoms with Gasteiger partial charge in [0.1, 0.15) is 0 Å². The largest absolute Gasteiger partial charge is 0.366 e. The van der Waals surface area contributed by atoms with E-state index in [1.165, 1.54) is 10.4 Å². The van der Waals surface area contributed by atoms with E-state index in [1.54, 1.807) is 29.5 Å². The van der Waals surface area contributed by atoms with E-state index in [4.69, 9.17) is 5.73 Å². The molecule has 3 rings (SSSR count). The Kier molecular flexibility index (Phi) is 4.57. The molecule has 1 aliphatic heterocycles. The first-order valence-electron chi connectivity index (χ1n) is 8.05. The maximum atomic E-state index is 12.8. The summed E-state index contributed by atoms with van der Waals surface area (Å²) in [6.45, 7) is 4.69. The standard InChI is InChI=1S/C18H21N3O2S/c1-3-15-13-7-9-24-16(13)6-8-21(15)18(23)20-14-10-12(17(19)22)5-4-11(14)2/h4-5,7,9-10,15H,3,6,8H2,1-2H3,(H2,19,22)(H,20,23).